The third kappa shape index (κ3) is 5.81. The summed E-state index contributed by atoms with van der Waals surface area (Å²) in [5.74, 6) is -0.376. The van der Waals surface area contributed by atoms with Crippen LogP contribution in [0.5, 0.6) is 0 Å². The van der Waals surface area contributed by atoms with Gasteiger partial charge in [0.1, 0.15) is 6.04 Å². The van der Waals surface area contributed by atoms with Crippen LogP contribution < -0.4 is 10.0 Å². The van der Waals surface area contributed by atoms with Gasteiger partial charge in [0.15, 0.2) is 0 Å². The largest absolute Gasteiger partial charge is 0.324 e. The second kappa shape index (κ2) is 10.4. The quantitative estimate of drug-likeness (QED) is 0.524. The van der Waals surface area contributed by atoms with E-state index in [1.54, 1.807) is 18.2 Å². The Hall–Kier alpha value is -2.96. The van der Waals surface area contributed by atoms with Gasteiger partial charge in [0.05, 0.1) is 4.90 Å². The van der Waals surface area contributed by atoms with Crippen molar-refractivity contribution in [2.24, 2.45) is 0 Å². The van der Waals surface area contributed by atoms with Gasteiger partial charge in [-0.2, -0.15) is 4.72 Å². The molecule has 0 fully saturated rings. The van der Waals surface area contributed by atoms with E-state index >= 15 is 0 Å². The van der Waals surface area contributed by atoms with Crippen molar-refractivity contribution in [3.05, 3.63) is 95.6 Å². The lowest BCUT2D eigenvalue weighted by Crippen LogP contribution is -2.45. The molecule has 1 amide bonds. The van der Waals surface area contributed by atoms with Crippen molar-refractivity contribution in [1.82, 2.24) is 4.72 Å². The Labute approximate surface area is 184 Å². The molecule has 5 nitrogen and oxygen atoms in total. The van der Waals surface area contributed by atoms with Crippen molar-refractivity contribution in [1.29, 1.82) is 0 Å². The van der Waals surface area contributed by atoms with Crippen LogP contribution in [0.3, 0.4) is 0 Å². The number of benzene rings is 3. The number of rotatable bonds is 9. The van der Waals surface area contributed by atoms with Gasteiger partial charge in [0.2, 0.25) is 15.9 Å². The zero-order valence-corrected chi connectivity index (χ0v) is 18.7. The summed E-state index contributed by atoms with van der Waals surface area (Å²) in [5, 5.41) is 3.01. The molecular weight excluding hydrogens is 408 g/mol. The zero-order chi connectivity index (χ0) is 22.3. The van der Waals surface area contributed by atoms with Crippen LogP contribution in [0.1, 0.15) is 30.5 Å². The van der Waals surface area contributed by atoms with E-state index in [1.807, 2.05) is 62.4 Å². The van der Waals surface area contributed by atoms with Crippen LogP contribution in [0.15, 0.2) is 83.8 Å². The summed E-state index contributed by atoms with van der Waals surface area (Å²) in [4.78, 5) is 13.5. The maximum atomic E-state index is 13.3. The fourth-order valence-electron chi connectivity index (χ4n) is 3.51. The fourth-order valence-corrected chi connectivity index (χ4v) is 4.72. The topological polar surface area (TPSA) is 75.3 Å². The number of anilines is 1. The minimum Gasteiger partial charge on any atom is -0.324 e. The number of nitrogens with one attached hydrogen (secondary N) is 2. The average molecular weight is 437 g/mol. The lowest BCUT2D eigenvalue weighted by molar-refractivity contribution is -0.117. The molecule has 0 aliphatic carbocycles. The molecule has 0 aliphatic heterocycles. The van der Waals surface area contributed by atoms with Gasteiger partial charge in [-0.25, -0.2) is 8.42 Å². The zero-order valence-electron chi connectivity index (χ0n) is 17.8. The van der Waals surface area contributed by atoms with Crippen LogP contribution in [0.2, 0.25) is 0 Å². The van der Waals surface area contributed by atoms with Gasteiger partial charge in [-0.3, -0.25) is 4.79 Å². The van der Waals surface area contributed by atoms with E-state index in [2.05, 4.69) is 10.0 Å². The van der Waals surface area contributed by atoms with E-state index in [0.29, 0.717) is 0 Å². The molecule has 162 valence electrons. The lowest BCUT2D eigenvalue weighted by atomic mass is 10.0. The number of hydrogen-bond acceptors (Lipinski definition) is 3. The summed E-state index contributed by atoms with van der Waals surface area (Å²) in [7, 11) is -3.86. The Bertz CT molecular complexity index is 1090. The van der Waals surface area contributed by atoms with Gasteiger partial charge < -0.3 is 5.32 Å². The Morgan fingerprint density at radius 1 is 0.806 bits per heavy atom. The Morgan fingerprint density at radius 2 is 1.35 bits per heavy atom. The maximum Gasteiger partial charge on any atom is 0.242 e. The molecule has 0 aromatic heterocycles. The number of para-hydroxylation sites is 1. The summed E-state index contributed by atoms with van der Waals surface area (Å²) in [6.07, 6.45) is 1.78. The summed E-state index contributed by atoms with van der Waals surface area (Å²) in [6, 6.07) is 22.5. The smallest absolute Gasteiger partial charge is 0.242 e. The molecule has 2 N–H and O–H groups in total. The van der Waals surface area contributed by atoms with Crippen molar-refractivity contribution in [2.45, 2.75) is 44.0 Å². The molecule has 0 heterocycles. The number of sulfonamides is 1. The SMILES string of the molecule is CCc1cccc(CC)c1NC(=O)[C@@H](Cc1ccccc1)NS(=O)(=O)c1ccccc1. The molecule has 3 aromatic rings. The van der Waals surface area contributed by atoms with Crippen molar-refractivity contribution in [3.63, 3.8) is 0 Å². The third-order valence-corrected chi connectivity index (χ3v) is 6.68. The van der Waals surface area contributed by atoms with Crippen LogP contribution in [-0.2, 0) is 34.1 Å². The second-order valence-corrected chi connectivity index (χ2v) is 9.04. The summed E-state index contributed by atoms with van der Waals surface area (Å²) >= 11 is 0. The maximum absolute atomic E-state index is 13.3. The first-order valence-corrected chi connectivity index (χ1v) is 12.0. The average Bonchev–Trinajstić information content (AvgIpc) is 2.80. The van der Waals surface area contributed by atoms with Crippen molar-refractivity contribution in [2.75, 3.05) is 5.32 Å². The molecule has 0 saturated heterocycles. The number of amides is 1. The van der Waals surface area contributed by atoms with E-state index in [4.69, 9.17) is 0 Å². The van der Waals surface area contributed by atoms with Crippen LogP contribution in [0, 0.1) is 0 Å². The van der Waals surface area contributed by atoms with Gasteiger partial charge in [0, 0.05) is 5.69 Å². The minimum atomic E-state index is -3.86. The number of hydrogen-bond donors (Lipinski definition) is 2. The molecular formula is C25H28N2O3S. The highest BCUT2D eigenvalue weighted by Crippen LogP contribution is 2.23. The van der Waals surface area contributed by atoms with Crippen LogP contribution >= 0.6 is 0 Å². The highest BCUT2D eigenvalue weighted by molar-refractivity contribution is 7.89. The van der Waals surface area contributed by atoms with Gasteiger partial charge in [-0.15, -0.1) is 0 Å². The number of aryl methyl sites for hydroxylation is 2. The third-order valence-electron chi connectivity index (χ3n) is 5.20. The van der Waals surface area contributed by atoms with Crippen molar-refractivity contribution < 1.29 is 13.2 Å². The highest BCUT2D eigenvalue weighted by Gasteiger charge is 2.27. The fraction of sp³-hybridized carbons (Fsp3) is 0.240. The molecule has 0 bridgehead atoms. The molecule has 31 heavy (non-hydrogen) atoms. The predicted octanol–water partition coefficient (Wildman–Crippen LogP) is 4.34. The summed E-state index contributed by atoms with van der Waals surface area (Å²) in [5.41, 5.74) is 3.70. The van der Waals surface area contributed by atoms with E-state index in [9.17, 15) is 13.2 Å². The van der Waals surface area contributed by atoms with Crippen LogP contribution in [0.4, 0.5) is 5.69 Å². The Kier molecular flexibility index (Phi) is 7.60. The van der Waals surface area contributed by atoms with E-state index in [0.717, 1.165) is 35.2 Å². The molecule has 6 heteroatoms. The second-order valence-electron chi connectivity index (χ2n) is 7.32. The van der Waals surface area contributed by atoms with Gasteiger partial charge >= 0.3 is 0 Å². The van der Waals surface area contributed by atoms with Crippen molar-refractivity contribution in [3.8, 4) is 0 Å². The first-order chi connectivity index (χ1) is 14.9. The standard InChI is InChI=1S/C25H28N2O3S/c1-3-20-14-11-15-21(4-2)24(20)26-25(28)23(18-19-12-7-5-8-13-19)27-31(29,30)22-16-9-6-10-17-22/h5-17,23,27H,3-4,18H2,1-2H3,(H,26,28)/t23-/m1/s1. The monoisotopic (exact) mass is 436 g/mol. The molecule has 0 spiro atoms. The van der Waals surface area contributed by atoms with E-state index < -0.39 is 16.1 Å². The molecule has 3 aromatic carbocycles. The molecule has 3 rings (SSSR count). The molecule has 0 saturated carbocycles. The molecule has 1 atom stereocenters. The first kappa shape index (κ1) is 22.7. The first-order valence-electron chi connectivity index (χ1n) is 10.5. The Balaban J connectivity index is 1.92. The van der Waals surface area contributed by atoms with Crippen LogP contribution in [-0.4, -0.2) is 20.4 Å². The molecule has 0 unspecified atom stereocenters. The molecule has 0 aliphatic rings. The summed E-state index contributed by atoms with van der Waals surface area (Å²) in [6.45, 7) is 4.06. The van der Waals surface area contributed by atoms with E-state index in [-0.39, 0.29) is 17.2 Å². The number of carbonyl (C=O) groups excluding carboxylic acids is 1. The predicted molar refractivity (Wildman–Crippen MR) is 125 cm³/mol. The summed E-state index contributed by atoms with van der Waals surface area (Å²) < 4.78 is 28.5. The van der Waals surface area contributed by atoms with Crippen LogP contribution in [0.25, 0.3) is 0 Å². The van der Waals surface area contributed by atoms with Gasteiger partial charge in [-0.1, -0.05) is 80.6 Å². The number of carbonyl (C=O) groups is 1. The lowest BCUT2D eigenvalue weighted by Gasteiger charge is -2.21. The Morgan fingerprint density at radius 3 is 1.90 bits per heavy atom. The molecule has 0 radical (unpaired) electrons. The van der Waals surface area contributed by atoms with Gasteiger partial charge in [-0.05, 0) is 48.1 Å². The highest BCUT2D eigenvalue weighted by atomic mass is 32.2. The van der Waals surface area contributed by atoms with E-state index in [1.165, 1.54) is 12.1 Å². The normalized spacial score (nSPS) is 12.3. The van der Waals surface area contributed by atoms with Crippen molar-refractivity contribution >= 4 is 21.6 Å². The van der Waals surface area contributed by atoms with Gasteiger partial charge in [0.25, 0.3) is 0 Å². The minimum absolute atomic E-state index is 0.129.